The third-order valence-corrected chi connectivity index (χ3v) is 4.45. The van der Waals surface area contributed by atoms with E-state index in [9.17, 15) is 17.6 Å². The molecule has 2 N–H and O–H groups in total. The van der Waals surface area contributed by atoms with Gasteiger partial charge in [0.1, 0.15) is 0 Å². The van der Waals surface area contributed by atoms with Gasteiger partial charge in [0.2, 0.25) is 0 Å². The van der Waals surface area contributed by atoms with Crippen molar-refractivity contribution in [1.82, 2.24) is 0 Å². The summed E-state index contributed by atoms with van der Waals surface area (Å²) >= 11 is 0. The van der Waals surface area contributed by atoms with Gasteiger partial charge in [0, 0.05) is 0 Å². The van der Waals surface area contributed by atoms with Gasteiger partial charge in [0.15, 0.2) is 0 Å². The fourth-order valence-corrected chi connectivity index (χ4v) is 3.05. The van der Waals surface area contributed by atoms with Crippen molar-refractivity contribution >= 4 is 0 Å². The van der Waals surface area contributed by atoms with E-state index in [1.54, 1.807) is 0 Å². The van der Waals surface area contributed by atoms with Crippen molar-refractivity contribution in [2.75, 3.05) is 13.2 Å². The summed E-state index contributed by atoms with van der Waals surface area (Å²) in [5, 5.41) is 17.7. The maximum absolute atomic E-state index is 13.3. The van der Waals surface area contributed by atoms with Crippen LogP contribution in [-0.4, -0.2) is 35.3 Å². The number of hydrogen-bond donors (Lipinski definition) is 2. The van der Waals surface area contributed by atoms with Crippen LogP contribution in [0.25, 0.3) is 0 Å². The Bertz CT molecular complexity index is 467. The molecule has 0 radical (unpaired) electrons. The molecule has 1 aromatic rings. The van der Waals surface area contributed by atoms with Crippen LogP contribution in [0.3, 0.4) is 0 Å². The van der Waals surface area contributed by atoms with Crippen LogP contribution >= 0.6 is 0 Å². The molecule has 0 bridgehead atoms. The van der Waals surface area contributed by atoms with Crippen LogP contribution in [0.1, 0.15) is 23.0 Å². The molecule has 0 amide bonds. The standard InChI is InChI=1S/C14H14F4O2/c15-13(16)9(5-19)11(13)7-1-2-8(4-3-7)12-10(6-20)14(12,17)18/h1-4,9-12,19-20H,5-6H2/t9-,10-,11+,12+/m1/s1. The summed E-state index contributed by atoms with van der Waals surface area (Å²) in [6, 6.07) is 5.64. The van der Waals surface area contributed by atoms with Crippen molar-refractivity contribution in [3.8, 4) is 0 Å². The van der Waals surface area contributed by atoms with Gasteiger partial charge in [0.05, 0.1) is 36.9 Å². The Morgan fingerprint density at radius 1 is 0.750 bits per heavy atom. The first-order valence-electron chi connectivity index (χ1n) is 6.42. The highest BCUT2D eigenvalue weighted by Gasteiger charge is 2.69. The Labute approximate surface area is 113 Å². The van der Waals surface area contributed by atoms with Crippen molar-refractivity contribution in [3.05, 3.63) is 35.4 Å². The summed E-state index contributed by atoms with van der Waals surface area (Å²) in [6.07, 6.45) is 0. The van der Waals surface area contributed by atoms with E-state index in [1.807, 2.05) is 0 Å². The largest absolute Gasteiger partial charge is 0.396 e. The van der Waals surface area contributed by atoms with Gasteiger partial charge in [-0.25, -0.2) is 17.6 Å². The Hall–Kier alpha value is -1.14. The molecule has 0 unspecified atom stereocenters. The number of aliphatic hydroxyl groups is 2. The summed E-state index contributed by atoms with van der Waals surface area (Å²) in [4.78, 5) is 0. The lowest BCUT2D eigenvalue weighted by Gasteiger charge is -2.03. The number of hydrogen-bond acceptors (Lipinski definition) is 2. The van der Waals surface area contributed by atoms with Crippen molar-refractivity contribution < 1.29 is 27.8 Å². The van der Waals surface area contributed by atoms with Crippen LogP contribution in [0.15, 0.2) is 24.3 Å². The van der Waals surface area contributed by atoms with Crippen molar-refractivity contribution in [2.45, 2.75) is 23.7 Å². The van der Waals surface area contributed by atoms with E-state index < -0.39 is 48.7 Å². The summed E-state index contributed by atoms with van der Waals surface area (Å²) in [6.45, 7) is -1.18. The van der Waals surface area contributed by atoms with Gasteiger partial charge in [-0.3, -0.25) is 0 Å². The van der Waals surface area contributed by atoms with Crippen molar-refractivity contribution in [3.63, 3.8) is 0 Å². The van der Waals surface area contributed by atoms with Crippen molar-refractivity contribution in [2.24, 2.45) is 11.8 Å². The van der Waals surface area contributed by atoms with Crippen LogP contribution in [0.5, 0.6) is 0 Å². The molecule has 2 aliphatic carbocycles. The molecule has 0 aromatic heterocycles. The van der Waals surface area contributed by atoms with Crippen LogP contribution in [-0.2, 0) is 0 Å². The van der Waals surface area contributed by atoms with E-state index in [0.29, 0.717) is 11.1 Å². The fourth-order valence-electron chi connectivity index (χ4n) is 3.05. The quantitative estimate of drug-likeness (QED) is 0.836. The van der Waals surface area contributed by atoms with Crippen LogP contribution in [0.4, 0.5) is 17.6 Å². The third kappa shape index (κ3) is 1.78. The average Bonchev–Trinajstić information content (AvgIpc) is 3.18. The van der Waals surface area contributed by atoms with E-state index in [1.165, 1.54) is 24.3 Å². The highest BCUT2D eigenvalue weighted by Crippen LogP contribution is 2.63. The SMILES string of the molecule is OC[C@@H]1[C@H](c2ccc([C@H]3[C@@H](CO)C3(F)F)cc2)C1(F)F. The maximum atomic E-state index is 13.3. The Kier molecular flexibility index (Phi) is 2.89. The number of aliphatic hydroxyl groups excluding tert-OH is 2. The molecule has 6 heteroatoms. The van der Waals surface area contributed by atoms with Gasteiger partial charge in [-0.1, -0.05) is 24.3 Å². The third-order valence-electron chi connectivity index (χ3n) is 4.45. The minimum atomic E-state index is -2.92. The lowest BCUT2D eigenvalue weighted by Crippen LogP contribution is -1.97. The molecule has 2 saturated carbocycles. The molecule has 2 fully saturated rings. The zero-order chi connectivity index (χ0) is 14.7. The number of benzene rings is 1. The van der Waals surface area contributed by atoms with Crippen LogP contribution in [0, 0.1) is 11.8 Å². The molecular formula is C14H14F4O2. The second-order valence-electron chi connectivity index (χ2n) is 5.55. The molecular weight excluding hydrogens is 276 g/mol. The monoisotopic (exact) mass is 290 g/mol. The molecule has 20 heavy (non-hydrogen) atoms. The van der Waals surface area contributed by atoms with Gasteiger partial charge in [-0.15, -0.1) is 0 Å². The predicted molar refractivity (Wildman–Crippen MR) is 63.0 cm³/mol. The van der Waals surface area contributed by atoms with Gasteiger partial charge in [-0.2, -0.15) is 0 Å². The van der Waals surface area contributed by atoms with Gasteiger partial charge in [0.25, 0.3) is 11.8 Å². The molecule has 4 atom stereocenters. The summed E-state index contributed by atoms with van der Waals surface area (Å²) in [7, 11) is 0. The number of rotatable bonds is 4. The molecule has 0 spiro atoms. The van der Waals surface area contributed by atoms with E-state index in [4.69, 9.17) is 10.2 Å². The van der Waals surface area contributed by atoms with Gasteiger partial charge >= 0.3 is 0 Å². The highest BCUT2D eigenvalue weighted by atomic mass is 19.3. The van der Waals surface area contributed by atoms with E-state index in [-0.39, 0.29) is 0 Å². The lowest BCUT2D eigenvalue weighted by molar-refractivity contribution is 0.0774. The minimum Gasteiger partial charge on any atom is -0.396 e. The van der Waals surface area contributed by atoms with Gasteiger partial charge < -0.3 is 10.2 Å². The van der Waals surface area contributed by atoms with E-state index >= 15 is 0 Å². The summed E-state index contributed by atoms with van der Waals surface area (Å²) in [5.74, 6) is -10.1. The molecule has 0 saturated heterocycles. The van der Waals surface area contributed by atoms with E-state index in [0.717, 1.165) is 0 Å². The van der Waals surface area contributed by atoms with E-state index in [2.05, 4.69) is 0 Å². The minimum absolute atomic E-state index is 0.349. The topological polar surface area (TPSA) is 40.5 Å². The summed E-state index contributed by atoms with van der Waals surface area (Å²) < 4.78 is 53.4. The normalized spacial score (nSPS) is 36.7. The number of alkyl halides is 4. The molecule has 3 rings (SSSR count). The first-order chi connectivity index (χ1) is 9.35. The Morgan fingerprint density at radius 2 is 1.05 bits per heavy atom. The van der Waals surface area contributed by atoms with Crippen LogP contribution < -0.4 is 0 Å². The molecule has 0 aliphatic heterocycles. The Balaban J connectivity index is 1.77. The average molecular weight is 290 g/mol. The zero-order valence-electron chi connectivity index (χ0n) is 10.4. The molecule has 2 aliphatic rings. The Morgan fingerprint density at radius 3 is 1.25 bits per heavy atom. The zero-order valence-corrected chi connectivity index (χ0v) is 10.4. The van der Waals surface area contributed by atoms with Gasteiger partial charge in [-0.05, 0) is 11.1 Å². The van der Waals surface area contributed by atoms with Crippen molar-refractivity contribution in [1.29, 1.82) is 0 Å². The van der Waals surface area contributed by atoms with Crippen LogP contribution in [0.2, 0.25) is 0 Å². The first-order valence-corrected chi connectivity index (χ1v) is 6.42. The number of halogens is 4. The maximum Gasteiger partial charge on any atom is 0.261 e. The predicted octanol–water partition coefficient (Wildman–Crippen LogP) is 2.37. The smallest absolute Gasteiger partial charge is 0.261 e. The fraction of sp³-hybridized carbons (Fsp3) is 0.571. The molecule has 0 heterocycles. The summed E-state index contributed by atoms with van der Waals surface area (Å²) in [5.41, 5.74) is 0.699. The second kappa shape index (κ2) is 4.18. The first kappa shape index (κ1) is 13.8. The molecule has 2 nitrogen and oxygen atoms in total. The molecule has 1 aromatic carbocycles. The molecule has 110 valence electrons. The highest BCUT2D eigenvalue weighted by molar-refractivity contribution is 5.39. The second-order valence-corrected chi connectivity index (χ2v) is 5.55. The lowest BCUT2D eigenvalue weighted by atomic mass is 10.0.